The minimum absolute atomic E-state index is 0.241. The molecule has 0 unspecified atom stereocenters. The molecule has 0 aliphatic carbocycles. The van der Waals surface area contributed by atoms with Crippen molar-refractivity contribution in [3.8, 4) is 0 Å². The van der Waals surface area contributed by atoms with Gasteiger partial charge in [-0.3, -0.25) is 4.79 Å². The molecule has 0 aliphatic heterocycles. The first-order chi connectivity index (χ1) is 13.4. The third-order valence-electron chi connectivity index (χ3n) is 3.99. The Balaban J connectivity index is 1.92. The van der Waals surface area contributed by atoms with E-state index in [4.69, 9.17) is 23.2 Å². The largest absolute Gasteiger partial charge is 0.337 e. The van der Waals surface area contributed by atoms with Crippen LogP contribution in [0.1, 0.15) is 24.2 Å². The molecule has 28 heavy (non-hydrogen) atoms. The van der Waals surface area contributed by atoms with Crippen molar-refractivity contribution < 1.29 is 4.79 Å². The normalized spacial score (nSPS) is 10.8. The maximum absolute atomic E-state index is 12.5. The molecular formula is C21H20Cl2N4O. The highest BCUT2D eigenvalue weighted by Gasteiger charge is 2.16. The number of anilines is 3. The number of aromatic nitrogens is 2. The topological polar surface area (TPSA) is 58.1 Å². The molecule has 0 fully saturated rings. The van der Waals surface area contributed by atoms with E-state index < -0.39 is 0 Å². The number of nitrogens with one attached hydrogen (secondary N) is 1. The van der Waals surface area contributed by atoms with Crippen LogP contribution in [0.5, 0.6) is 0 Å². The lowest BCUT2D eigenvalue weighted by atomic mass is 10.1. The second-order valence-corrected chi connectivity index (χ2v) is 7.58. The SMILES string of the molecule is CC(C)CN(c1cncnc1)c1cc(NC(=O)c2cccc(Cl)c2)ccc1Cl. The van der Waals surface area contributed by atoms with Crippen LogP contribution in [0.15, 0.2) is 61.2 Å². The van der Waals surface area contributed by atoms with E-state index in [1.807, 2.05) is 11.0 Å². The maximum Gasteiger partial charge on any atom is 0.255 e. The Bertz CT molecular complexity index is 964. The van der Waals surface area contributed by atoms with Gasteiger partial charge in [-0.15, -0.1) is 0 Å². The molecule has 5 nitrogen and oxygen atoms in total. The molecule has 1 N–H and O–H groups in total. The molecule has 3 rings (SSSR count). The molecule has 0 spiro atoms. The molecule has 7 heteroatoms. The number of carbonyl (C=O) groups excluding carboxylic acids is 1. The Morgan fingerprint density at radius 1 is 1.11 bits per heavy atom. The molecular weight excluding hydrogens is 395 g/mol. The van der Waals surface area contributed by atoms with Gasteiger partial charge in [-0.2, -0.15) is 0 Å². The Labute approximate surface area is 174 Å². The number of carbonyl (C=O) groups is 1. The predicted octanol–water partition coefficient (Wildman–Crippen LogP) is 5.83. The number of amides is 1. The van der Waals surface area contributed by atoms with E-state index in [2.05, 4.69) is 29.1 Å². The first-order valence-electron chi connectivity index (χ1n) is 8.83. The quantitative estimate of drug-likeness (QED) is 0.550. The molecule has 1 heterocycles. The third kappa shape index (κ3) is 5.00. The molecule has 3 aromatic rings. The summed E-state index contributed by atoms with van der Waals surface area (Å²) in [5.74, 6) is 0.134. The van der Waals surface area contributed by atoms with Crippen LogP contribution in [0.2, 0.25) is 10.0 Å². The van der Waals surface area contributed by atoms with Crippen LogP contribution in [0.4, 0.5) is 17.1 Å². The summed E-state index contributed by atoms with van der Waals surface area (Å²) in [6.45, 7) is 4.96. The van der Waals surface area contributed by atoms with Crippen LogP contribution in [0.25, 0.3) is 0 Å². The first kappa shape index (κ1) is 20.1. The lowest BCUT2D eigenvalue weighted by Crippen LogP contribution is -2.23. The standard InChI is InChI=1S/C21H20Cl2N4O/c1-14(2)12-27(18-10-24-13-25-11-18)20-9-17(6-7-19(20)23)26-21(28)15-4-3-5-16(22)8-15/h3-11,13-14H,12H2,1-2H3,(H,26,28). The molecule has 0 atom stereocenters. The van der Waals surface area contributed by atoms with Crippen LogP contribution >= 0.6 is 23.2 Å². The van der Waals surface area contributed by atoms with Gasteiger partial charge in [-0.25, -0.2) is 9.97 Å². The smallest absolute Gasteiger partial charge is 0.255 e. The zero-order valence-corrected chi connectivity index (χ0v) is 17.1. The van der Waals surface area contributed by atoms with Crippen molar-refractivity contribution in [1.82, 2.24) is 9.97 Å². The summed E-state index contributed by atoms with van der Waals surface area (Å²) < 4.78 is 0. The van der Waals surface area contributed by atoms with Gasteiger partial charge >= 0.3 is 0 Å². The Morgan fingerprint density at radius 3 is 2.54 bits per heavy atom. The lowest BCUT2D eigenvalue weighted by Gasteiger charge is -2.27. The first-order valence-corrected chi connectivity index (χ1v) is 9.58. The van der Waals surface area contributed by atoms with E-state index in [0.717, 1.165) is 17.9 Å². The Kier molecular flexibility index (Phi) is 6.49. The van der Waals surface area contributed by atoms with Gasteiger partial charge in [0.1, 0.15) is 6.33 Å². The van der Waals surface area contributed by atoms with Gasteiger partial charge in [0.05, 0.1) is 28.8 Å². The summed E-state index contributed by atoms with van der Waals surface area (Å²) in [4.78, 5) is 22.8. The lowest BCUT2D eigenvalue weighted by molar-refractivity contribution is 0.102. The van der Waals surface area contributed by atoms with Crippen molar-refractivity contribution in [1.29, 1.82) is 0 Å². The average Bonchev–Trinajstić information content (AvgIpc) is 2.68. The van der Waals surface area contributed by atoms with Gasteiger partial charge in [0.15, 0.2) is 0 Å². The fourth-order valence-corrected chi connectivity index (χ4v) is 3.18. The summed E-state index contributed by atoms with van der Waals surface area (Å²) in [5.41, 5.74) is 2.72. The highest BCUT2D eigenvalue weighted by Crippen LogP contribution is 2.34. The van der Waals surface area contributed by atoms with E-state index in [9.17, 15) is 4.79 Å². The maximum atomic E-state index is 12.5. The second kappa shape index (κ2) is 9.04. The summed E-state index contributed by atoms with van der Waals surface area (Å²) in [6.07, 6.45) is 4.96. The van der Waals surface area contributed by atoms with Crippen molar-refractivity contribution in [2.24, 2.45) is 5.92 Å². The van der Waals surface area contributed by atoms with E-state index in [0.29, 0.717) is 27.2 Å². The predicted molar refractivity (Wildman–Crippen MR) is 115 cm³/mol. The number of nitrogens with zero attached hydrogens (tertiary/aromatic N) is 3. The molecule has 0 saturated carbocycles. The molecule has 144 valence electrons. The minimum atomic E-state index is -0.241. The highest BCUT2D eigenvalue weighted by molar-refractivity contribution is 6.33. The highest BCUT2D eigenvalue weighted by atomic mass is 35.5. The van der Waals surface area contributed by atoms with Crippen LogP contribution in [-0.2, 0) is 0 Å². The molecule has 1 aromatic heterocycles. The monoisotopic (exact) mass is 414 g/mol. The number of halogens is 2. The number of hydrogen-bond donors (Lipinski definition) is 1. The van der Waals surface area contributed by atoms with Gasteiger partial charge in [-0.1, -0.05) is 43.1 Å². The number of hydrogen-bond acceptors (Lipinski definition) is 4. The molecule has 0 radical (unpaired) electrons. The Morgan fingerprint density at radius 2 is 1.86 bits per heavy atom. The van der Waals surface area contributed by atoms with Crippen LogP contribution < -0.4 is 10.2 Å². The van der Waals surface area contributed by atoms with Gasteiger partial charge in [0.2, 0.25) is 0 Å². The summed E-state index contributed by atoms with van der Waals surface area (Å²) in [6, 6.07) is 12.2. The van der Waals surface area contributed by atoms with Crippen molar-refractivity contribution in [3.05, 3.63) is 76.8 Å². The van der Waals surface area contributed by atoms with Crippen LogP contribution in [-0.4, -0.2) is 22.4 Å². The zero-order chi connectivity index (χ0) is 20.1. The van der Waals surface area contributed by atoms with Crippen LogP contribution in [0, 0.1) is 5.92 Å². The fourth-order valence-electron chi connectivity index (χ4n) is 2.77. The van der Waals surface area contributed by atoms with E-state index in [1.165, 1.54) is 6.33 Å². The van der Waals surface area contributed by atoms with Crippen molar-refractivity contribution in [2.45, 2.75) is 13.8 Å². The summed E-state index contributed by atoms with van der Waals surface area (Å²) >= 11 is 12.5. The number of benzene rings is 2. The van der Waals surface area contributed by atoms with Crippen molar-refractivity contribution >= 4 is 46.2 Å². The molecule has 2 aromatic carbocycles. The van der Waals surface area contributed by atoms with Gasteiger partial charge in [0, 0.05) is 22.8 Å². The summed E-state index contributed by atoms with van der Waals surface area (Å²) in [7, 11) is 0. The van der Waals surface area contributed by atoms with Crippen molar-refractivity contribution in [2.75, 3.05) is 16.8 Å². The van der Waals surface area contributed by atoms with Crippen molar-refractivity contribution in [3.63, 3.8) is 0 Å². The molecule has 0 aliphatic rings. The van der Waals surface area contributed by atoms with Gasteiger partial charge in [0.25, 0.3) is 5.91 Å². The Hall–Kier alpha value is -2.63. The third-order valence-corrected chi connectivity index (χ3v) is 4.54. The second-order valence-electron chi connectivity index (χ2n) is 6.73. The minimum Gasteiger partial charge on any atom is -0.337 e. The van der Waals surface area contributed by atoms with E-state index >= 15 is 0 Å². The summed E-state index contributed by atoms with van der Waals surface area (Å²) in [5, 5.41) is 3.98. The van der Waals surface area contributed by atoms with E-state index in [1.54, 1.807) is 48.8 Å². The van der Waals surface area contributed by atoms with E-state index in [-0.39, 0.29) is 5.91 Å². The molecule has 0 saturated heterocycles. The fraction of sp³-hybridized carbons (Fsp3) is 0.190. The van der Waals surface area contributed by atoms with Crippen LogP contribution in [0.3, 0.4) is 0 Å². The van der Waals surface area contributed by atoms with Gasteiger partial charge < -0.3 is 10.2 Å². The molecule has 1 amide bonds. The van der Waals surface area contributed by atoms with Gasteiger partial charge in [-0.05, 0) is 42.3 Å². The number of rotatable bonds is 6. The average molecular weight is 415 g/mol. The molecule has 0 bridgehead atoms. The zero-order valence-electron chi connectivity index (χ0n) is 15.6.